The van der Waals surface area contributed by atoms with E-state index in [0.29, 0.717) is 23.6 Å². The summed E-state index contributed by atoms with van der Waals surface area (Å²) in [7, 11) is -3.29. The van der Waals surface area contributed by atoms with E-state index in [2.05, 4.69) is 0 Å². The van der Waals surface area contributed by atoms with E-state index in [-0.39, 0.29) is 11.7 Å². The van der Waals surface area contributed by atoms with Crippen molar-refractivity contribution < 1.29 is 17.9 Å². The molecule has 0 saturated carbocycles. The molecule has 0 N–H and O–H groups in total. The van der Waals surface area contributed by atoms with Crippen molar-refractivity contribution in [2.24, 2.45) is 0 Å². The summed E-state index contributed by atoms with van der Waals surface area (Å²) in [5.41, 5.74) is 3.28. The molecule has 1 aliphatic rings. The fourth-order valence-corrected chi connectivity index (χ4v) is 4.33. The fourth-order valence-electron chi connectivity index (χ4n) is 3.06. The van der Waals surface area contributed by atoms with E-state index >= 15 is 0 Å². The van der Waals surface area contributed by atoms with Gasteiger partial charge in [-0.25, -0.2) is 8.42 Å². The fraction of sp³-hybridized carbons (Fsp3) is 0.286. The van der Waals surface area contributed by atoms with Crippen LogP contribution in [0.15, 0.2) is 53.9 Å². The number of hydrogen-bond donors (Lipinski definition) is 0. The molecule has 142 valence electrons. The van der Waals surface area contributed by atoms with E-state index in [1.54, 1.807) is 41.3 Å². The monoisotopic (exact) mass is 385 g/mol. The van der Waals surface area contributed by atoms with Crippen LogP contribution in [0.5, 0.6) is 5.75 Å². The number of rotatable bonds is 5. The van der Waals surface area contributed by atoms with Crippen molar-refractivity contribution in [1.29, 1.82) is 0 Å². The lowest BCUT2D eigenvalue weighted by molar-refractivity contribution is 0.0983. The third-order valence-electron chi connectivity index (χ3n) is 4.64. The highest BCUT2D eigenvalue weighted by molar-refractivity contribution is 7.94. The molecule has 6 heteroatoms. The molecule has 0 radical (unpaired) electrons. The van der Waals surface area contributed by atoms with Crippen LogP contribution in [0.3, 0.4) is 0 Å². The third-order valence-corrected chi connectivity index (χ3v) is 6.02. The number of sulfone groups is 1. The highest BCUT2D eigenvalue weighted by Gasteiger charge is 2.32. The summed E-state index contributed by atoms with van der Waals surface area (Å²) in [5.74, 6) is 0.361. The zero-order valence-electron chi connectivity index (χ0n) is 15.7. The predicted octanol–water partition coefficient (Wildman–Crippen LogP) is 3.66. The Balaban J connectivity index is 2.00. The SMILES string of the molecule is CCOc1ccc(N(C(=O)c2ccc(C)c(C)c2)C2C=CS(=O)(=O)C2)cc1. The van der Waals surface area contributed by atoms with Crippen molar-refractivity contribution in [2.75, 3.05) is 17.3 Å². The van der Waals surface area contributed by atoms with Gasteiger partial charge >= 0.3 is 0 Å². The standard InChI is InChI=1S/C21H23NO4S/c1-4-26-20-9-7-18(8-10-20)22(19-11-12-27(24,25)14-19)21(23)17-6-5-15(2)16(3)13-17/h5-13,19H,4,14H2,1-3H3. The molecule has 0 spiro atoms. The first-order chi connectivity index (χ1) is 12.8. The highest BCUT2D eigenvalue weighted by Crippen LogP contribution is 2.27. The molecule has 1 amide bonds. The van der Waals surface area contributed by atoms with Crippen LogP contribution in [0.25, 0.3) is 0 Å². The number of nitrogens with zero attached hydrogens (tertiary/aromatic N) is 1. The van der Waals surface area contributed by atoms with Gasteiger partial charge in [0.15, 0.2) is 9.84 Å². The Bertz CT molecular complexity index is 978. The molecule has 1 heterocycles. The molecule has 0 aliphatic carbocycles. The van der Waals surface area contributed by atoms with Crippen LogP contribution in [0, 0.1) is 13.8 Å². The normalized spacial score (nSPS) is 17.7. The number of carbonyl (C=O) groups is 1. The minimum atomic E-state index is -3.29. The van der Waals surface area contributed by atoms with Crippen LogP contribution in [0.2, 0.25) is 0 Å². The molecule has 5 nitrogen and oxygen atoms in total. The summed E-state index contributed by atoms with van der Waals surface area (Å²) in [5, 5.41) is 1.19. The first-order valence-corrected chi connectivity index (χ1v) is 10.6. The summed E-state index contributed by atoms with van der Waals surface area (Å²) in [4.78, 5) is 14.8. The third kappa shape index (κ3) is 4.22. The lowest BCUT2D eigenvalue weighted by atomic mass is 10.0. The molecular weight excluding hydrogens is 362 g/mol. The first-order valence-electron chi connectivity index (χ1n) is 8.85. The van der Waals surface area contributed by atoms with Gasteiger partial charge in [0.2, 0.25) is 0 Å². The zero-order valence-corrected chi connectivity index (χ0v) is 16.5. The van der Waals surface area contributed by atoms with Crippen LogP contribution in [-0.4, -0.2) is 32.7 Å². The van der Waals surface area contributed by atoms with Crippen molar-refractivity contribution in [2.45, 2.75) is 26.8 Å². The predicted molar refractivity (Wildman–Crippen MR) is 107 cm³/mol. The lowest BCUT2D eigenvalue weighted by Crippen LogP contribution is -2.41. The van der Waals surface area contributed by atoms with Gasteiger partial charge in [0.1, 0.15) is 5.75 Å². The van der Waals surface area contributed by atoms with Gasteiger partial charge in [0, 0.05) is 16.7 Å². The zero-order chi connectivity index (χ0) is 19.6. The average Bonchev–Trinajstić information content (AvgIpc) is 2.98. The summed E-state index contributed by atoms with van der Waals surface area (Å²) in [6.07, 6.45) is 1.57. The second-order valence-electron chi connectivity index (χ2n) is 6.63. The van der Waals surface area contributed by atoms with Crippen LogP contribution in [0.4, 0.5) is 5.69 Å². The van der Waals surface area contributed by atoms with Crippen molar-refractivity contribution in [3.05, 3.63) is 70.6 Å². The van der Waals surface area contributed by atoms with E-state index in [1.807, 2.05) is 32.9 Å². The largest absolute Gasteiger partial charge is 0.494 e. The minimum Gasteiger partial charge on any atom is -0.494 e. The Morgan fingerprint density at radius 3 is 2.37 bits per heavy atom. The van der Waals surface area contributed by atoms with E-state index in [0.717, 1.165) is 11.1 Å². The van der Waals surface area contributed by atoms with Crippen molar-refractivity contribution in [1.82, 2.24) is 0 Å². The molecular formula is C21H23NO4S. The minimum absolute atomic E-state index is 0.114. The molecule has 27 heavy (non-hydrogen) atoms. The number of ether oxygens (including phenoxy) is 1. The molecule has 3 rings (SSSR count). The van der Waals surface area contributed by atoms with Gasteiger partial charge < -0.3 is 9.64 Å². The van der Waals surface area contributed by atoms with Crippen molar-refractivity contribution in [3.8, 4) is 5.75 Å². The lowest BCUT2D eigenvalue weighted by Gasteiger charge is -2.28. The molecule has 0 aromatic heterocycles. The second kappa shape index (κ2) is 7.56. The molecule has 2 aromatic carbocycles. The van der Waals surface area contributed by atoms with Crippen LogP contribution < -0.4 is 9.64 Å². The van der Waals surface area contributed by atoms with Gasteiger partial charge in [-0.15, -0.1) is 0 Å². The quantitative estimate of drug-likeness (QED) is 0.788. The topological polar surface area (TPSA) is 63.7 Å². The van der Waals surface area contributed by atoms with Gasteiger partial charge in [0.05, 0.1) is 18.4 Å². The maximum Gasteiger partial charge on any atom is 0.258 e. The second-order valence-corrected chi connectivity index (χ2v) is 8.56. The molecule has 1 aliphatic heterocycles. The van der Waals surface area contributed by atoms with E-state index in [9.17, 15) is 13.2 Å². The molecule has 1 unspecified atom stereocenters. The first kappa shape index (κ1) is 19.2. The Labute approximate surface area is 160 Å². The summed E-state index contributed by atoms with van der Waals surface area (Å²) in [6.45, 7) is 6.39. The molecule has 0 bridgehead atoms. The Morgan fingerprint density at radius 1 is 1.11 bits per heavy atom. The Kier molecular flexibility index (Phi) is 5.37. The molecule has 0 saturated heterocycles. The molecule has 0 fully saturated rings. The van der Waals surface area contributed by atoms with E-state index < -0.39 is 15.9 Å². The van der Waals surface area contributed by atoms with Crippen molar-refractivity contribution >= 4 is 21.4 Å². The van der Waals surface area contributed by atoms with Gasteiger partial charge in [-0.05, 0) is 74.4 Å². The van der Waals surface area contributed by atoms with Crippen molar-refractivity contribution in [3.63, 3.8) is 0 Å². The van der Waals surface area contributed by atoms with E-state index in [4.69, 9.17) is 4.74 Å². The summed E-state index contributed by atoms with van der Waals surface area (Å²) >= 11 is 0. The Morgan fingerprint density at radius 2 is 1.81 bits per heavy atom. The maximum absolute atomic E-state index is 13.3. The highest BCUT2D eigenvalue weighted by atomic mass is 32.2. The van der Waals surface area contributed by atoms with Crippen LogP contribution >= 0.6 is 0 Å². The number of hydrogen-bond acceptors (Lipinski definition) is 4. The Hall–Kier alpha value is -2.60. The van der Waals surface area contributed by atoms with E-state index in [1.165, 1.54) is 5.41 Å². The number of anilines is 1. The number of carbonyl (C=O) groups excluding carboxylic acids is 1. The van der Waals surface area contributed by atoms with Crippen LogP contribution in [-0.2, 0) is 9.84 Å². The number of amides is 1. The smallest absolute Gasteiger partial charge is 0.258 e. The maximum atomic E-state index is 13.3. The average molecular weight is 385 g/mol. The van der Waals surface area contributed by atoms with Gasteiger partial charge in [-0.3, -0.25) is 4.79 Å². The number of aryl methyl sites for hydroxylation is 2. The number of benzene rings is 2. The van der Waals surface area contributed by atoms with Gasteiger partial charge in [-0.1, -0.05) is 6.07 Å². The van der Waals surface area contributed by atoms with Crippen LogP contribution in [0.1, 0.15) is 28.4 Å². The summed E-state index contributed by atoms with van der Waals surface area (Å²) in [6, 6.07) is 12.1. The summed E-state index contributed by atoms with van der Waals surface area (Å²) < 4.78 is 29.3. The molecule has 1 atom stereocenters. The molecule has 2 aromatic rings. The van der Waals surface area contributed by atoms with Gasteiger partial charge in [-0.2, -0.15) is 0 Å². The van der Waals surface area contributed by atoms with Gasteiger partial charge in [0.25, 0.3) is 5.91 Å².